The van der Waals surface area contributed by atoms with E-state index in [4.69, 9.17) is 0 Å². The third kappa shape index (κ3) is 4.67. The molecule has 0 saturated heterocycles. The number of nitrogens with zero attached hydrogens (tertiary/aromatic N) is 1. The van der Waals surface area contributed by atoms with Gasteiger partial charge in [-0.25, -0.2) is 4.98 Å². The number of H-pyrrole nitrogens is 1. The average Bonchev–Trinajstić information content (AvgIpc) is 2.80. The van der Waals surface area contributed by atoms with Gasteiger partial charge in [-0.1, -0.05) is 12.1 Å². The monoisotopic (exact) mass is 318 g/mol. The summed E-state index contributed by atoms with van der Waals surface area (Å²) in [5.74, 6) is 0.811. The predicted octanol–water partition coefficient (Wildman–Crippen LogP) is 2.19. The van der Waals surface area contributed by atoms with E-state index >= 15 is 0 Å². The van der Waals surface area contributed by atoms with Crippen LogP contribution in [0, 0.1) is 0 Å². The van der Waals surface area contributed by atoms with E-state index in [2.05, 4.69) is 20.6 Å². The number of carbonyl (C=O) groups is 1. The Bertz CT molecular complexity index is 511. The number of nitrogens with one attached hydrogen (secondary N) is 3. The number of imidazole rings is 1. The molecule has 1 amide bonds. The van der Waals surface area contributed by atoms with Gasteiger partial charge in [-0.15, -0.1) is 24.8 Å². The van der Waals surface area contributed by atoms with Crippen LogP contribution in [0.4, 0.5) is 0 Å². The molecule has 20 heavy (non-hydrogen) atoms. The second-order valence-electron chi connectivity index (χ2n) is 4.28. The van der Waals surface area contributed by atoms with Gasteiger partial charge in [0.1, 0.15) is 5.82 Å². The van der Waals surface area contributed by atoms with Crippen molar-refractivity contribution in [2.75, 3.05) is 13.6 Å². The Balaban J connectivity index is 0.00000180. The SMILES string of the molecule is CNCCC(=O)NC(C)c1nc2ccccc2[nH]1.Cl.Cl. The lowest BCUT2D eigenvalue weighted by Crippen LogP contribution is -2.29. The van der Waals surface area contributed by atoms with Gasteiger partial charge in [0.05, 0.1) is 17.1 Å². The Hall–Kier alpha value is -1.30. The van der Waals surface area contributed by atoms with E-state index in [9.17, 15) is 4.79 Å². The zero-order valence-corrected chi connectivity index (χ0v) is 13.1. The molecule has 1 atom stereocenters. The number of hydrogen-bond acceptors (Lipinski definition) is 3. The summed E-state index contributed by atoms with van der Waals surface area (Å²) < 4.78 is 0. The van der Waals surface area contributed by atoms with Gasteiger partial charge in [-0.3, -0.25) is 4.79 Å². The number of hydrogen-bond donors (Lipinski definition) is 3. The average molecular weight is 319 g/mol. The summed E-state index contributed by atoms with van der Waals surface area (Å²) in [6.45, 7) is 2.60. The number of benzene rings is 1. The van der Waals surface area contributed by atoms with E-state index in [0.29, 0.717) is 13.0 Å². The minimum absolute atomic E-state index is 0. The first-order valence-corrected chi connectivity index (χ1v) is 6.09. The van der Waals surface area contributed by atoms with Crippen LogP contribution >= 0.6 is 24.8 Å². The van der Waals surface area contributed by atoms with Gasteiger partial charge in [0.25, 0.3) is 0 Å². The number of aromatic nitrogens is 2. The molecule has 0 radical (unpaired) electrons. The topological polar surface area (TPSA) is 69.8 Å². The molecule has 2 aromatic rings. The summed E-state index contributed by atoms with van der Waals surface area (Å²) in [7, 11) is 1.83. The highest BCUT2D eigenvalue weighted by atomic mass is 35.5. The van der Waals surface area contributed by atoms with Crippen LogP contribution in [0.3, 0.4) is 0 Å². The van der Waals surface area contributed by atoms with Crippen LogP contribution in [0.2, 0.25) is 0 Å². The maximum Gasteiger partial charge on any atom is 0.221 e. The molecule has 0 saturated carbocycles. The Morgan fingerprint density at radius 1 is 1.35 bits per heavy atom. The summed E-state index contributed by atoms with van der Waals surface area (Å²) >= 11 is 0. The van der Waals surface area contributed by atoms with Gasteiger partial charge in [-0.05, 0) is 26.1 Å². The first-order chi connectivity index (χ1) is 8.70. The van der Waals surface area contributed by atoms with Crippen LogP contribution in [0.1, 0.15) is 25.2 Å². The predicted molar refractivity (Wildman–Crippen MR) is 85.7 cm³/mol. The summed E-state index contributed by atoms with van der Waals surface area (Å²) in [6.07, 6.45) is 0.473. The molecular weight excluding hydrogens is 299 g/mol. The van der Waals surface area contributed by atoms with E-state index in [1.165, 1.54) is 0 Å². The van der Waals surface area contributed by atoms with E-state index < -0.39 is 0 Å². The lowest BCUT2D eigenvalue weighted by atomic mass is 10.3. The van der Waals surface area contributed by atoms with Gasteiger partial charge in [0, 0.05) is 13.0 Å². The molecule has 0 bridgehead atoms. The second-order valence-corrected chi connectivity index (χ2v) is 4.28. The molecule has 0 aliphatic heterocycles. The van der Waals surface area contributed by atoms with Crippen molar-refractivity contribution in [1.29, 1.82) is 0 Å². The van der Waals surface area contributed by atoms with Crippen molar-refractivity contribution >= 4 is 41.8 Å². The molecule has 5 nitrogen and oxygen atoms in total. The quantitative estimate of drug-likeness (QED) is 0.791. The zero-order valence-electron chi connectivity index (χ0n) is 11.5. The Labute approximate surface area is 130 Å². The fourth-order valence-electron chi connectivity index (χ4n) is 1.80. The Morgan fingerprint density at radius 3 is 2.70 bits per heavy atom. The molecule has 7 heteroatoms. The lowest BCUT2D eigenvalue weighted by Gasteiger charge is -2.11. The fourth-order valence-corrected chi connectivity index (χ4v) is 1.80. The third-order valence-electron chi connectivity index (χ3n) is 2.80. The van der Waals surface area contributed by atoms with Gasteiger partial charge < -0.3 is 15.6 Å². The highest BCUT2D eigenvalue weighted by Gasteiger charge is 2.12. The lowest BCUT2D eigenvalue weighted by molar-refractivity contribution is -0.121. The van der Waals surface area contributed by atoms with Gasteiger partial charge >= 0.3 is 0 Å². The number of para-hydroxylation sites is 2. The van der Waals surface area contributed by atoms with Crippen molar-refractivity contribution in [3.8, 4) is 0 Å². The van der Waals surface area contributed by atoms with Crippen LogP contribution in [0.15, 0.2) is 24.3 Å². The van der Waals surface area contributed by atoms with Gasteiger partial charge in [0.15, 0.2) is 0 Å². The summed E-state index contributed by atoms with van der Waals surface area (Å²) in [5.41, 5.74) is 1.91. The number of carbonyl (C=O) groups excluding carboxylic acids is 1. The van der Waals surface area contributed by atoms with E-state index in [1.54, 1.807) is 0 Å². The second kappa shape index (κ2) is 8.79. The number of rotatable bonds is 5. The van der Waals surface area contributed by atoms with Crippen molar-refractivity contribution in [1.82, 2.24) is 20.6 Å². The molecule has 0 fully saturated rings. The maximum absolute atomic E-state index is 11.6. The third-order valence-corrected chi connectivity index (χ3v) is 2.80. The summed E-state index contributed by atoms with van der Waals surface area (Å²) in [6, 6.07) is 7.72. The highest BCUT2D eigenvalue weighted by Crippen LogP contribution is 2.15. The molecule has 2 rings (SSSR count). The van der Waals surface area contributed by atoms with Crippen molar-refractivity contribution in [3.05, 3.63) is 30.1 Å². The van der Waals surface area contributed by atoms with Gasteiger partial charge in [-0.2, -0.15) is 0 Å². The zero-order chi connectivity index (χ0) is 13.0. The van der Waals surface area contributed by atoms with Crippen LogP contribution < -0.4 is 10.6 Å². The molecule has 0 aliphatic carbocycles. The molecule has 0 spiro atoms. The van der Waals surface area contributed by atoms with Crippen LogP contribution in [-0.2, 0) is 4.79 Å². The smallest absolute Gasteiger partial charge is 0.221 e. The minimum atomic E-state index is -0.109. The van der Waals surface area contributed by atoms with Crippen molar-refractivity contribution in [2.45, 2.75) is 19.4 Å². The molecular formula is C13H20Cl2N4O. The molecule has 1 aromatic carbocycles. The van der Waals surface area contributed by atoms with Crippen molar-refractivity contribution in [3.63, 3.8) is 0 Å². The first-order valence-electron chi connectivity index (χ1n) is 6.09. The van der Waals surface area contributed by atoms with Crippen LogP contribution in [-0.4, -0.2) is 29.5 Å². The highest BCUT2D eigenvalue weighted by molar-refractivity contribution is 5.85. The minimum Gasteiger partial charge on any atom is -0.346 e. The Kier molecular flexibility index (Phi) is 8.22. The van der Waals surface area contributed by atoms with Gasteiger partial charge in [0.2, 0.25) is 5.91 Å². The molecule has 1 heterocycles. The number of amides is 1. The normalized spacial score (nSPS) is 11.3. The van der Waals surface area contributed by atoms with Crippen molar-refractivity contribution < 1.29 is 4.79 Å². The van der Waals surface area contributed by atoms with Crippen LogP contribution in [0.5, 0.6) is 0 Å². The fraction of sp³-hybridized carbons (Fsp3) is 0.385. The molecule has 1 unspecified atom stereocenters. The maximum atomic E-state index is 11.6. The molecule has 112 valence electrons. The number of aromatic amines is 1. The summed E-state index contributed by atoms with van der Waals surface area (Å²) in [5, 5.41) is 5.87. The largest absolute Gasteiger partial charge is 0.346 e. The molecule has 1 aromatic heterocycles. The number of fused-ring (bicyclic) bond motifs is 1. The van der Waals surface area contributed by atoms with E-state index in [-0.39, 0.29) is 36.8 Å². The molecule has 0 aliphatic rings. The van der Waals surface area contributed by atoms with E-state index in [1.807, 2.05) is 38.2 Å². The Morgan fingerprint density at radius 2 is 2.05 bits per heavy atom. The number of halogens is 2. The standard InChI is InChI=1S/C13H18N4O.2ClH/c1-9(15-12(18)7-8-14-2)13-16-10-5-3-4-6-11(10)17-13;;/h3-6,9,14H,7-8H2,1-2H3,(H,15,18)(H,16,17);2*1H. The van der Waals surface area contributed by atoms with Crippen LogP contribution in [0.25, 0.3) is 11.0 Å². The first kappa shape index (κ1) is 18.7. The molecule has 3 N–H and O–H groups in total. The summed E-state index contributed by atoms with van der Waals surface area (Å²) in [4.78, 5) is 19.3. The van der Waals surface area contributed by atoms with Crippen molar-refractivity contribution in [2.24, 2.45) is 0 Å². The van der Waals surface area contributed by atoms with E-state index in [0.717, 1.165) is 16.9 Å².